The van der Waals surface area contributed by atoms with Crippen molar-refractivity contribution in [1.82, 2.24) is 20.0 Å². The summed E-state index contributed by atoms with van der Waals surface area (Å²) >= 11 is 0. The van der Waals surface area contributed by atoms with Crippen LogP contribution in [0.3, 0.4) is 0 Å². The molecule has 1 unspecified atom stereocenters. The molecular formula is C14H21N5. The van der Waals surface area contributed by atoms with Gasteiger partial charge in [-0.3, -0.25) is 16.3 Å². The van der Waals surface area contributed by atoms with Gasteiger partial charge in [0.15, 0.2) is 0 Å². The molecular weight excluding hydrogens is 238 g/mol. The van der Waals surface area contributed by atoms with E-state index in [0.717, 1.165) is 36.5 Å². The zero-order valence-electron chi connectivity index (χ0n) is 11.5. The summed E-state index contributed by atoms with van der Waals surface area (Å²) in [7, 11) is 0. The minimum absolute atomic E-state index is 0.0334. The molecule has 2 aromatic rings. The molecule has 0 fully saturated rings. The predicted octanol–water partition coefficient (Wildman–Crippen LogP) is 1.74. The first kappa shape index (κ1) is 13.7. The van der Waals surface area contributed by atoms with Gasteiger partial charge in [-0.15, -0.1) is 0 Å². The molecule has 0 radical (unpaired) electrons. The topological polar surface area (TPSA) is 68.8 Å². The summed E-state index contributed by atoms with van der Waals surface area (Å²) in [6, 6.07) is 4.09. The number of nitrogens with one attached hydrogen (secondary N) is 1. The number of pyridine rings is 1. The quantitative estimate of drug-likeness (QED) is 0.612. The van der Waals surface area contributed by atoms with Crippen LogP contribution in [0.1, 0.15) is 36.5 Å². The average molecular weight is 259 g/mol. The molecule has 0 aromatic carbocycles. The van der Waals surface area contributed by atoms with E-state index < -0.39 is 0 Å². The number of nitrogens with zero attached hydrogens (tertiary/aromatic N) is 3. The smallest absolute Gasteiger partial charge is 0.110 e. The van der Waals surface area contributed by atoms with Gasteiger partial charge < -0.3 is 4.57 Å². The molecule has 19 heavy (non-hydrogen) atoms. The highest BCUT2D eigenvalue weighted by molar-refractivity contribution is 5.18. The fourth-order valence-electron chi connectivity index (χ4n) is 2.12. The van der Waals surface area contributed by atoms with Crippen LogP contribution in [0.5, 0.6) is 0 Å². The highest BCUT2D eigenvalue weighted by Gasteiger charge is 2.14. The number of aromatic nitrogens is 3. The minimum atomic E-state index is 0.0334. The van der Waals surface area contributed by atoms with Crippen molar-refractivity contribution in [3.05, 3.63) is 47.8 Å². The van der Waals surface area contributed by atoms with Crippen molar-refractivity contribution < 1.29 is 0 Å². The fourth-order valence-corrected chi connectivity index (χ4v) is 2.12. The lowest BCUT2D eigenvalue weighted by molar-refractivity contribution is 0.515. The fraction of sp³-hybridized carbons (Fsp3) is 0.429. The second kappa shape index (κ2) is 6.45. The Morgan fingerprint density at radius 2 is 2.21 bits per heavy atom. The van der Waals surface area contributed by atoms with Gasteiger partial charge in [-0.1, -0.05) is 13.0 Å². The van der Waals surface area contributed by atoms with Crippen LogP contribution in [0.2, 0.25) is 0 Å². The Hall–Kier alpha value is -1.72. The Kier molecular flexibility index (Phi) is 4.65. The first-order chi connectivity index (χ1) is 9.24. The molecule has 0 aliphatic rings. The van der Waals surface area contributed by atoms with Gasteiger partial charge in [-0.25, -0.2) is 4.98 Å². The highest BCUT2D eigenvalue weighted by atomic mass is 15.2. The van der Waals surface area contributed by atoms with Crippen LogP contribution in [0.4, 0.5) is 0 Å². The van der Waals surface area contributed by atoms with Crippen molar-refractivity contribution in [2.24, 2.45) is 5.84 Å². The third kappa shape index (κ3) is 3.39. The van der Waals surface area contributed by atoms with E-state index in [-0.39, 0.29) is 6.04 Å². The SMILES string of the molecule is CCCn1ccnc1CC(NN)c1ccc(C)nc1. The number of aryl methyl sites for hydroxylation is 2. The maximum atomic E-state index is 5.67. The van der Waals surface area contributed by atoms with Crippen molar-refractivity contribution >= 4 is 0 Å². The molecule has 0 saturated heterocycles. The van der Waals surface area contributed by atoms with Crippen LogP contribution in [-0.4, -0.2) is 14.5 Å². The monoisotopic (exact) mass is 259 g/mol. The van der Waals surface area contributed by atoms with Gasteiger partial charge >= 0.3 is 0 Å². The Bertz CT molecular complexity index is 503. The predicted molar refractivity (Wildman–Crippen MR) is 75.3 cm³/mol. The first-order valence-corrected chi connectivity index (χ1v) is 6.63. The van der Waals surface area contributed by atoms with Crippen molar-refractivity contribution in [2.45, 2.75) is 39.3 Å². The van der Waals surface area contributed by atoms with Crippen molar-refractivity contribution in [3.63, 3.8) is 0 Å². The lowest BCUT2D eigenvalue weighted by Gasteiger charge is -2.16. The summed E-state index contributed by atoms with van der Waals surface area (Å²) in [6.07, 6.45) is 7.57. The first-order valence-electron chi connectivity index (χ1n) is 6.63. The number of rotatable bonds is 6. The Morgan fingerprint density at radius 3 is 2.84 bits per heavy atom. The summed E-state index contributed by atoms with van der Waals surface area (Å²) in [5.41, 5.74) is 4.94. The van der Waals surface area contributed by atoms with E-state index in [4.69, 9.17) is 5.84 Å². The standard InChI is InChI=1S/C14H21N5/c1-3-7-19-8-6-16-14(19)9-13(18-15)12-5-4-11(2)17-10-12/h4-6,8,10,13,18H,3,7,9,15H2,1-2H3. The second-order valence-electron chi connectivity index (χ2n) is 4.69. The zero-order valence-corrected chi connectivity index (χ0v) is 11.5. The van der Waals surface area contributed by atoms with Gasteiger partial charge in [0.2, 0.25) is 0 Å². The molecule has 2 aromatic heterocycles. The summed E-state index contributed by atoms with van der Waals surface area (Å²) in [5.74, 6) is 6.72. The molecule has 2 rings (SSSR count). The Morgan fingerprint density at radius 1 is 1.37 bits per heavy atom. The Balaban J connectivity index is 2.14. The minimum Gasteiger partial charge on any atom is -0.335 e. The molecule has 0 amide bonds. The molecule has 0 spiro atoms. The van der Waals surface area contributed by atoms with Gasteiger partial charge in [0.1, 0.15) is 5.82 Å². The van der Waals surface area contributed by atoms with E-state index in [2.05, 4.69) is 33.0 Å². The van der Waals surface area contributed by atoms with Gasteiger partial charge in [-0.2, -0.15) is 0 Å². The van der Waals surface area contributed by atoms with Crippen molar-refractivity contribution in [1.29, 1.82) is 0 Å². The van der Waals surface area contributed by atoms with E-state index in [1.165, 1.54) is 0 Å². The maximum Gasteiger partial charge on any atom is 0.110 e. The average Bonchev–Trinajstić information content (AvgIpc) is 2.85. The molecule has 0 bridgehead atoms. The third-order valence-corrected chi connectivity index (χ3v) is 3.19. The molecule has 0 saturated carbocycles. The number of hydrogen-bond donors (Lipinski definition) is 2. The molecule has 2 heterocycles. The van der Waals surface area contributed by atoms with E-state index in [0.29, 0.717) is 0 Å². The third-order valence-electron chi connectivity index (χ3n) is 3.19. The molecule has 0 aliphatic heterocycles. The maximum absolute atomic E-state index is 5.67. The van der Waals surface area contributed by atoms with Crippen molar-refractivity contribution in [3.8, 4) is 0 Å². The molecule has 1 atom stereocenters. The molecule has 5 heteroatoms. The number of hydrazine groups is 1. The molecule has 102 valence electrons. The summed E-state index contributed by atoms with van der Waals surface area (Å²) in [5, 5.41) is 0. The van der Waals surface area contributed by atoms with Crippen LogP contribution >= 0.6 is 0 Å². The van der Waals surface area contributed by atoms with Gasteiger partial charge in [0.25, 0.3) is 0 Å². The lowest BCUT2D eigenvalue weighted by atomic mass is 10.1. The van der Waals surface area contributed by atoms with Crippen LogP contribution in [0, 0.1) is 6.92 Å². The van der Waals surface area contributed by atoms with Gasteiger partial charge in [0, 0.05) is 37.3 Å². The molecule has 5 nitrogen and oxygen atoms in total. The van der Waals surface area contributed by atoms with Crippen LogP contribution in [-0.2, 0) is 13.0 Å². The molecule has 0 aliphatic carbocycles. The lowest BCUT2D eigenvalue weighted by Crippen LogP contribution is -2.30. The van der Waals surface area contributed by atoms with E-state index in [1.807, 2.05) is 31.6 Å². The number of hydrogen-bond acceptors (Lipinski definition) is 4. The summed E-state index contributed by atoms with van der Waals surface area (Å²) in [6.45, 7) is 5.12. The highest BCUT2D eigenvalue weighted by Crippen LogP contribution is 2.16. The second-order valence-corrected chi connectivity index (χ2v) is 4.69. The number of imidazole rings is 1. The Labute approximate surface area is 113 Å². The van der Waals surface area contributed by atoms with E-state index >= 15 is 0 Å². The normalized spacial score (nSPS) is 12.6. The van der Waals surface area contributed by atoms with Crippen molar-refractivity contribution in [2.75, 3.05) is 0 Å². The van der Waals surface area contributed by atoms with Gasteiger partial charge in [-0.05, 0) is 25.0 Å². The summed E-state index contributed by atoms with van der Waals surface area (Å²) < 4.78 is 2.17. The molecule has 3 N–H and O–H groups in total. The largest absolute Gasteiger partial charge is 0.335 e. The zero-order chi connectivity index (χ0) is 13.7. The van der Waals surface area contributed by atoms with Crippen LogP contribution in [0.15, 0.2) is 30.7 Å². The summed E-state index contributed by atoms with van der Waals surface area (Å²) in [4.78, 5) is 8.73. The number of nitrogens with two attached hydrogens (primary N) is 1. The van der Waals surface area contributed by atoms with Crippen LogP contribution in [0.25, 0.3) is 0 Å². The van der Waals surface area contributed by atoms with Crippen LogP contribution < -0.4 is 11.3 Å². The van der Waals surface area contributed by atoms with E-state index in [1.54, 1.807) is 0 Å². The van der Waals surface area contributed by atoms with E-state index in [9.17, 15) is 0 Å². The van der Waals surface area contributed by atoms with Gasteiger partial charge in [0.05, 0.1) is 6.04 Å².